The van der Waals surface area contributed by atoms with Crippen LogP contribution in [0.25, 0.3) is 0 Å². The predicted octanol–water partition coefficient (Wildman–Crippen LogP) is 4.53. The van der Waals surface area contributed by atoms with Gasteiger partial charge in [-0.3, -0.25) is 9.59 Å². The molecule has 1 N–H and O–H groups in total. The van der Waals surface area contributed by atoms with Crippen molar-refractivity contribution >= 4 is 11.8 Å². The molecule has 0 aromatic heterocycles. The van der Waals surface area contributed by atoms with Crippen LogP contribution < -0.4 is 0 Å². The fraction of sp³-hybridized carbons (Fsp3) is 0.917. The molecule has 4 nitrogen and oxygen atoms in total. The van der Waals surface area contributed by atoms with Gasteiger partial charge in [-0.25, -0.2) is 0 Å². The molecule has 8 atom stereocenters. The van der Waals surface area contributed by atoms with Crippen LogP contribution in [0.15, 0.2) is 0 Å². The second-order valence-corrected chi connectivity index (χ2v) is 11.5. The summed E-state index contributed by atoms with van der Waals surface area (Å²) in [6.45, 7) is 9.98. The van der Waals surface area contributed by atoms with Crippen molar-refractivity contribution in [3.63, 3.8) is 0 Å². The van der Waals surface area contributed by atoms with Gasteiger partial charge in [0.15, 0.2) is 0 Å². The van der Waals surface area contributed by atoms with E-state index in [0.717, 1.165) is 44.9 Å². The summed E-state index contributed by atoms with van der Waals surface area (Å²) in [7, 11) is 0. The SMILES string of the molecule is CC(=O)O[C@H]1CC[C@@]2(C)[C@H](CC[C@H]3[C@@H]4CC[C@H](C(C)(C)O)[C@@]4(C)CC(=O)[C@@H]32)C1. The molecule has 4 heteroatoms. The zero-order valence-corrected chi connectivity index (χ0v) is 18.3. The summed E-state index contributed by atoms with van der Waals surface area (Å²) in [6.07, 6.45) is 7.89. The van der Waals surface area contributed by atoms with E-state index in [9.17, 15) is 14.7 Å². The average molecular weight is 391 g/mol. The number of ketones is 1. The van der Waals surface area contributed by atoms with Crippen LogP contribution in [0.2, 0.25) is 0 Å². The Labute approximate surface area is 169 Å². The van der Waals surface area contributed by atoms with Gasteiger partial charge in [-0.1, -0.05) is 13.8 Å². The fourth-order valence-electron chi connectivity index (χ4n) is 8.54. The van der Waals surface area contributed by atoms with E-state index >= 15 is 0 Å². The Morgan fingerprint density at radius 2 is 1.82 bits per heavy atom. The summed E-state index contributed by atoms with van der Waals surface area (Å²) >= 11 is 0. The Balaban J connectivity index is 1.60. The van der Waals surface area contributed by atoms with Crippen molar-refractivity contribution in [2.24, 2.45) is 40.4 Å². The van der Waals surface area contributed by atoms with E-state index in [4.69, 9.17) is 4.74 Å². The third-order valence-electron chi connectivity index (χ3n) is 9.49. The number of hydrogen-bond donors (Lipinski definition) is 1. The highest BCUT2D eigenvalue weighted by molar-refractivity contribution is 5.84. The van der Waals surface area contributed by atoms with E-state index in [1.54, 1.807) is 0 Å². The zero-order valence-electron chi connectivity index (χ0n) is 18.3. The number of carbonyl (C=O) groups excluding carboxylic acids is 2. The third kappa shape index (κ3) is 2.97. The molecule has 0 amide bonds. The first-order valence-corrected chi connectivity index (χ1v) is 11.4. The lowest BCUT2D eigenvalue weighted by Crippen LogP contribution is -2.58. The largest absolute Gasteiger partial charge is 0.463 e. The second-order valence-electron chi connectivity index (χ2n) is 11.5. The number of fused-ring (bicyclic) bond motifs is 5. The molecule has 4 saturated carbocycles. The molecule has 0 radical (unpaired) electrons. The number of rotatable bonds is 2. The summed E-state index contributed by atoms with van der Waals surface area (Å²) in [6, 6.07) is 0. The van der Waals surface area contributed by atoms with Crippen LogP contribution in [-0.4, -0.2) is 28.6 Å². The van der Waals surface area contributed by atoms with E-state index in [2.05, 4.69) is 13.8 Å². The Kier molecular flexibility index (Phi) is 4.77. The molecular formula is C24H38O4. The minimum absolute atomic E-state index is 0.0298. The highest BCUT2D eigenvalue weighted by atomic mass is 16.5. The number of ether oxygens (including phenoxy) is 1. The van der Waals surface area contributed by atoms with Crippen molar-refractivity contribution in [2.75, 3.05) is 0 Å². The van der Waals surface area contributed by atoms with E-state index in [-0.39, 0.29) is 34.7 Å². The van der Waals surface area contributed by atoms with Gasteiger partial charge in [-0.15, -0.1) is 0 Å². The Morgan fingerprint density at radius 1 is 1.11 bits per heavy atom. The summed E-state index contributed by atoms with van der Waals surface area (Å²) in [5.74, 6) is 2.11. The lowest BCUT2D eigenvalue weighted by molar-refractivity contribution is -0.172. The van der Waals surface area contributed by atoms with Gasteiger partial charge in [0.25, 0.3) is 0 Å². The molecule has 0 heterocycles. The number of carbonyl (C=O) groups is 2. The van der Waals surface area contributed by atoms with E-state index in [1.165, 1.54) is 6.92 Å². The van der Waals surface area contributed by atoms with Gasteiger partial charge in [0, 0.05) is 19.3 Å². The minimum Gasteiger partial charge on any atom is -0.463 e. The fourth-order valence-corrected chi connectivity index (χ4v) is 8.54. The summed E-state index contributed by atoms with van der Waals surface area (Å²) < 4.78 is 5.53. The molecule has 28 heavy (non-hydrogen) atoms. The number of hydrogen-bond acceptors (Lipinski definition) is 4. The summed E-state index contributed by atoms with van der Waals surface area (Å²) in [5.41, 5.74) is -0.737. The molecule has 0 aliphatic heterocycles. The van der Waals surface area contributed by atoms with Crippen LogP contribution in [0.4, 0.5) is 0 Å². The monoisotopic (exact) mass is 390 g/mol. The van der Waals surface area contributed by atoms with E-state index < -0.39 is 5.60 Å². The van der Waals surface area contributed by atoms with Crippen LogP contribution in [-0.2, 0) is 14.3 Å². The maximum atomic E-state index is 13.6. The molecule has 4 rings (SSSR count). The number of aliphatic hydroxyl groups is 1. The maximum Gasteiger partial charge on any atom is 0.302 e. The highest BCUT2D eigenvalue weighted by Gasteiger charge is 2.64. The lowest BCUT2D eigenvalue weighted by atomic mass is 9.44. The van der Waals surface area contributed by atoms with Crippen molar-refractivity contribution in [1.29, 1.82) is 0 Å². The molecule has 158 valence electrons. The topological polar surface area (TPSA) is 63.6 Å². The third-order valence-corrected chi connectivity index (χ3v) is 9.49. The van der Waals surface area contributed by atoms with E-state index in [0.29, 0.717) is 30.0 Å². The van der Waals surface area contributed by atoms with Gasteiger partial charge < -0.3 is 9.84 Å². The molecule has 0 saturated heterocycles. The molecular weight excluding hydrogens is 352 g/mol. The van der Waals surface area contributed by atoms with Crippen LogP contribution >= 0.6 is 0 Å². The van der Waals surface area contributed by atoms with Gasteiger partial charge in [0.05, 0.1) is 5.60 Å². The molecule has 4 aliphatic carbocycles. The molecule has 4 fully saturated rings. The van der Waals surface area contributed by atoms with Crippen molar-refractivity contribution in [3.8, 4) is 0 Å². The highest BCUT2D eigenvalue weighted by Crippen LogP contribution is 2.67. The van der Waals surface area contributed by atoms with Crippen LogP contribution in [0.3, 0.4) is 0 Å². The molecule has 4 aliphatic rings. The first-order chi connectivity index (χ1) is 13.0. The zero-order chi connectivity index (χ0) is 20.5. The normalized spacial score (nSPS) is 48.4. The first kappa shape index (κ1) is 20.4. The molecule has 0 unspecified atom stereocenters. The van der Waals surface area contributed by atoms with Gasteiger partial charge in [-0.05, 0) is 93.3 Å². The quantitative estimate of drug-likeness (QED) is 0.704. The standard InChI is InChI=1S/C24H38O4/c1-14(25)28-16-10-11-23(4)15(12-16)6-7-17-18-8-9-20(22(2,3)27)24(18,5)13-19(26)21(17)23/h15-18,20-21,27H,6-13H2,1-5H3/t15-,16+,17+,18+,20-,21-,23+,24+/m1/s1. The first-order valence-electron chi connectivity index (χ1n) is 11.4. The average Bonchev–Trinajstić information content (AvgIpc) is 2.91. The number of esters is 1. The Hall–Kier alpha value is -0.900. The van der Waals surface area contributed by atoms with E-state index in [1.807, 2.05) is 13.8 Å². The van der Waals surface area contributed by atoms with Gasteiger partial charge >= 0.3 is 5.97 Å². The van der Waals surface area contributed by atoms with Crippen molar-refractivity contribution < 1.29 is 19.4 Å². The van der Waals surface area contributed by atoms with Crippen LogP contribution in [0.1, 0.15) is 86.0 Å². The Morgan fingerprint density at radius 3 is 2.46 bits per heavy atom. The van der Waals surface area contributed by atoms with Crippen molar-refractivity contribution in [1.82, 2.24) is 0 Å². The summed E-state index contributed by atoms with van der Waals surface area (Å²) in [4.78, 5) is 25.0. The minimum atomic E-state index is -0.722. The van der Waals surface area contributed by atoms with Gasteiger partial charge in [-0.2, -0.15) is 0 Å². The summed E-state index contributed by atoms with van der Waals surface area (Å²) in [5, 5.41) is 10.8. The van der Waals surface area contributed by atoms with Crippen molar-refractivity contribution in [2.45, 2.75) is 97.7 Å². The van der Waals surface area contributed by atoms with Crippen molar-refractivity contribution in [3.05, 3.63) is 0 Å². The predicted molar refractivity (Wildman–Crippen MR) is 107 cm³/mol. The molecule has 0 spiro atoms. The molecule has 0 bridgehead atoms. The second kappa shape index (κ2) is 6.55. The lowest BCUT2D eigenvalue weighted by Gasteiger charge is -2.60. The Bertz CT molecular complexity index is 664. The number of Topliss-reactive ketones (excluding diaryl/α,β-unsaturated/α-hetero) is 1. The van der Waals surface area contributed by atoms with Gasteiger partial charge in [0.1, 0.15) is 11.9 Å². The molecule has 0 aromatic rings. The van der Waals surface area contributed by atoms with Gasteiger partial charge in [0.2, 0.25) is 0 Å². The van der Waals surface area contributed by atoms with Crippen LogP contribution in [0, 0.1) is 40.4 Å². The maximum absolute atomic E-state index is 13.6. The smallest absolute Gasteiger partial charge is 0.302 e. The van der Waals surface area contributed by atoms with Crippen LogP contribution in [0.5, 0.6) is 0 Å². The molecule has 0 aromatic carbocycles.